The van der Waals surface area contributed by atoms with Crippen LogP contribution >= 0.6 is 0 Å². The standard InChI is InChI=1S/C36H42/c1-25-9-17-31(18-10-25)35(5,6)32-20-13-29(14-21-32)12-15-30-16-22-34(24-28(30)4)36(7,8)33-19-11-26(2)27(3)23-33/h9-11,13-14,16-24H,12,15H2,1-8H3. The summed E-state index contributed by atoms with van der Waals surface area (Å²) in [6.45, 7) is 18.1. The summed E-state index contributed by atoms with van der Waals surface area (Å²) in [5, 5.41) is 0. The molecule has 0 nitrogen and oxygen atoms in total. The summed E-state index contributed by atoms with van der Waals surface area (Å²) in [5.41, 5.74) is 13.7. The molecule has 0 radical (unpaired) electrons. The number of hydrogen-bond acceptors (Lipinski definition) is 0. The molecule has 0 heteroatoms. The Bertz CT molecular complexity index is 1330. The van der Waals surface area contributed by atoms with Crippen molar-refractivity contribution in [1.82, 2.24) is 0 Å². The summed E-state index contributed by atoms with van der Waals surface area (Å²) in [7, 11) is 0. The lowest BCUT2D eigenvalue weighted by Gasteiger charge is -2.28. The third-order valence-corrected chi connectivity index (χ3v) is 8.42. The second-order valence-corrected chi connectivity index (χ2v) is 11.8. The van der Waals surface area contributed by atoms with Crippen LogP contribution in [0.5, 0.6) is 0 Å². The molecule has 0 fully saturated rings. The average molecular weight is 475 g/mol. The normalized spacial score (nSPS) is 12.1. The van der Waals surface area contributed by atoms with Gasteiger partial charge in [0, 0.05) is 10.8 Å². The first kappa shape index (κ1) is 26.0. The summed E-state index contributed by atoms with van der Waals surface area (Å²) in [6, 6.07) is 32.2. The van der Waals surface area contributed by atoms with Crippen LogP contribution in [0.1, 0.15) is 83.3 Å². The molecule has 0 spiro atoms. The van der Waals surface area contributed by atoms with Crippen molar-refractivity contribution in [2.45, 2.75) is 79.1 Å². The third-order valence-electron chi connectivity index (χ3n) is 8.42. The number of hydrogen-bond donors (Lipinski definition) is 0. The highest BCUT2D eigenvalue weighted by Crippen LogP contribution is 2.34. The molecule has 0 aromatic heterocycles. The van der Waals surface area contributed by atoms with E-state index in [0.717, 1.165) is 12.8 Å². The lowest BCUT2D eigenvalue weighted by Crippen LogP contribution is -2.19. The van der Waals surface area contributed by atoms with Crippen molar-refractivity contribution in [3.63, 3.8) is 0 Å². The van der Waals surface area contributed by atoms with Crippen LogP contribution in [-0.2, 0) is 23.7 Å². The first-order chi connectivity index (χ1) is 17.0. The van der Waals surface area contributed by atoms with E-state index in [1.807, 2.05) is 0 Å². The third kappa shape index (κ3) is 5.34. The Morgan fingerprint density at radius 2 is 0.917 bits per heavy atom. The zero-order valence-corrected chi connectivity index (χ0v) is 23.5. The molecule has 0 saturated heterocycles. The van der Waals surface area contributed by atoms with Crippen LogP contribution in [-0.4, -0.2) is 0 Å². The maximum Gasteiger partial charge on any atom is 0.0146 e. The highest BCUT2D eigenvalue weighted by molar-refractivity contribution is 5.44. The molecule has 0 aliphatic carbocycles. The van der Waals surface area contributed by atoms with Gasteiger partial charge in [-0.3, -0.25) is 0 Å². The van der Waals surface area contributed by atoms with E-state index in [1.54, 1.807) is 0 Å². The molecule has 4 aromatic carbocycles. The van der Waals surface area contributed by atoms with Crippen molar-refractivity contribution in [1.29, 1.82) is 0 Å². The fraction of sp³-hybridized carbons (Fsp3) is 0.333. The minimum absolute atomic E-state index is 0.00143. The molecule has 0 bridgehead atoms. The van der Waals surface area contributed by atoms with E-state index >= 15 is 0 Å². The zero-order valence-electron chi connectivity index (χ0n) is 23.5. The van der Waals surface area contributed by atoms with Crippen molar-refractivity contribution >= 4 is 0 Å². The van der Waals surface area contributed by atoms with Crippen molar-refractivity contribution in [3.8, 4) is 0 Å². The molecule has 186 valence electrons. The van der Waals surface area contributed by atoms with Gasteiger partial charge in [0.25, 0.3) is 0 Å². The van der Waals surface area contributed by atoms with Gasteiger partial charge in [0.15, 0.2) is 0 Å². The quantitative estimate of drug-likeness (QED) is 0.250. The van der Waals surface area contributed by atoms with Gasteiger partial charge in [-0.25, -0.2) is 0 Å². The van der Waals surface area contributed by atoms with Crippen molar-refractivity contribution in [2.75, 3.05) is 0 Å². The van der Waals surface area contributed by atoms with Gasteiger partial charge in [-0.15, -0.1) is 0 Å². The van der Waals surface area contributed by atoms with Gasteiger partial charge in [-0.05, 0) is 90.6 Å². The van der Waals surface area contributed by atoms with Gasteiger partial charge >= 0.3 is 0 Å². The molecule has 0 amide bonds. The smallest absolute Gasteiger partial charge is 0.0146 e. The predicted molar refractivity (Wildman–Crippen MR) is 156 cm³/mol. The van der Waals surface area contributed by atoms with E-state index in [1.165, 1.54) is 55.6 Å². The zero-order chi connectivity index (χ0) is 26.1. The Morgan fingerprint density at radius 1 is 0.444 bits per heavy atom. The first-order valence-electron chi connectivity index (χ1n) is 13.3. The number of benzene rings is 4. The minimum atomic E-state index is -0.0121. The van der Waals surface area contributed by atoms with Gasteiger partial charge in [0.2, 0.25) is 0 Å². The highest BCUT2D eigenvalue weighted by Gasteiger charge is 2.24. The van der Waals surface area contributed by atoms with Crippen LogP contribution < -0.4 is 0 Å². The molecule has 4 rings (SSSR count). The molecule has 0 aliphatic rings. The molecule has 0 aliphatic heterocycles. The molecule has 0 atom stereocenters. The van der Waals surface area contributed by atoms with Gasteiger partial charge in [0.05, 0.1) is 0 Å². The highest BCUT2D eigenvalue weighted by atomic mass is 14.3. The maximum absolute atomic E-state index is 2.40. The van der Waals surface area contributed by atoms with Crippen LogP contribution in [0.2, 0.25) is 0 Å². The molecule has 0 N–H and O–H groups in total. The molecule has 36 heavy (non-hydrogen) atoms. The van der Waals surface area contributed by atoms with E-state index in [0.29, 0.717) is 0 Å². The van der Waals surface area contributed by atoms with Crippen LogP contribution in [0, 0.1) is 27.7 Å². The lowest BCUT2D eigenvalue weighted by molar-refractivity contribution is 0.638. The molecular formula is C36H42. The number of rotatable bonds is 7. The lowest BCUT2D eigenvalue weighted by atomic mass is 9.76. The first-order valence-corrected chi connectivity index (χ1v) is 13.3. The minimum Gasteiger partial charge on any atom is -0.0590 e. The largest absolute Gasteiger partial charge is 0.0590 e. The summed E-state index contributed by atoms with van der Waals surface area (Å²) in [6.07, 6.45) is 2.13. The predicted octanol–water partition coefficient (Wildman–Crippen LogP) is 9.36. The van der Waals surface area contributed by atoms with Crippen LogP contribution in [0.4, 0.5) is 0 Å². The van der Waals surface area contributed by atoms with Gasteiger partial charge in [0.1, 0.15) is 0 Å². The van der Waals surface area contributed by atoms with E-state index < -0.39 is 0 Å². The fourth-order valence-electron chi connectivity index (χ4n) is 5.17. The maximum atomic E-state index is 2.40. The Labute approximate surface area is 219 Å². The topological polar surface area (TPSA) is 0 Å². The molecular weight excluding hydrogens is 432 g/mol. The van der Waals surface area contributed by atoms with Crippen molar-refractivity contribution < 1.29 is 0 Å². The van der Waals surface area contributed by atoms with E-state index in [9.17, 15) is 0 Å². The Morgan fingerprint density at radius 3 is 1.47 bits per heavy atom. The van der Waals surface area contributed by atoms with Gasteiger partial charge in [-0.1, -0.05) is 118 Å². The van der Waals surface area contributed by atoms with E-state index in [2.05, 4.69) is 140 Å². The van der Waals surface area contributed by atoms with Crippen molar-refractivity contribution in [2.24, 2.45) is 0 Å². The Kier molecular flexibility index (Phi) is 7.28. The second kappa shape index (κ2) is 10.1. The fourth-order valence-corrected chi connectivity index (χ4v) is 5.17. The van der Waals surface area contributed by atoms with E-state index in [4.69, 9.17) is 0 Å². The summed E-state index contributed by atoms with van der Waals surface area (Å²) in [4.78, 5) is 0. The SMILES string of the molecule is Cc1ccc(C(C)(C)c2ccc(CCc3ccc(C(C)(C)c4ccc(C)c(C)c4)cc3C)cc2)cc1. The van der Waals surface area contributed by atoms with E-state index in [-0.39, 0.29) is 10.8 Å². The summed E-state index contributed by atoms with van der Waals surface area (Å²) in [5.74, 6) is 0. The number of aryl methyl sites for hydroxylation is 6. The van der Waals surface area contributed by atoms with Crippen LogP contribution in [0.15, 0.2) is 84.9 Å². The Balaban J connectivity index is 1.46. The molecule has 0 heterocycles. The molecule has 0 saturated carbocycles. The van der Waals surface area contributed by atoms with Crippen LogP contribution in [0.3, 0.4) is 0 Å². The second-order valence-electron chi connectivity index (χ2n) is 11.8. The van der Waals surface area contributed by atoms with Gasteiger partial charge in [-0.2, -0.15) is 0 Å². The average Bonchev–Trinajstić information content (AvgIpc) is 2.85. The van der Waals surface area contributed by atoms with Gasteiger partial charge < -0.3 is 0 Å². The van der Waals surface area contributed by atoms with Crippen molar-refractivity contribution in [3.05, 3.63) is 141 Å². The molecule has 4 aromatic rings. The molecule has 0 unspecified atom stereocenters. The summed E-state index contributed by atoms with van der Waals surface area (Å²) < 4.78 is 0. The summed E-state index contributed by atoms with van der Waals surface area (Å²) >= 11 is 0. The monoisotopic (exact) mass is 474 g/mol. The Hall–Kier alpha value is -3.12. The van der Waals surface area contributed by atoms with Crippen LogP contribution in [0.25, 0.3) is 0 Å².